The summed E-state index contributed by atoms with van der Waals surface area (Å²) in [5, 5.41) is 3.15. The number of nitrogens with one attached hydrogen (secondary N) is 1. The largest absolute Gasteiger partial charge is 0.384 e. The lowest BCUT2D eigenvalue weighted by Gasteiger charge is -2.11. The third-order valence-electron chi connectivity index (χ3n) is 2.30. The number of anilines is 2. The predicted molar refractivity (Wildman–Crippen MR) is 75.0 cm³/mol. The van der Waals surface area contributed by atoms with Crippen LogP contribution in [0.25, 0.3) is 0 Å². The van der Waals surface area contributed by atoms with E-state index in [0.29, 0.717) is 37.2 Å². The minimum absolute atomic E-state index is 0.346. The van der Waals surface area contributed by atoms with E-state index in [4.69, 9.17) is 15.2 Å². The van der Waals surface area contributed by atoms with Gasteiger partial charge in [0.2, 0.25) is 0 Å². The molecule has 0 radical (unpaired) electrons. The van der Waals surface area contributed by atoms with Gasteiger partial charge in [0.1, 0.15) is 18.2 Å². The van der Waals surface area contributed by atoms with Crippen LogP contribution in [0, 0.1) is 0 Å². The van der Waals surface area contributed by atoms with Crippen LogP contribution in [0.5, 0.6) is 0 Å². The number of hydrogen-bond acceptors (Lipinski definition) is 7. The third-order valence-corrected chi connectivity index (χ3v) is 2.30. The molecule has 1 heterocycles. The Morgan fingerprint density at radius 2 is 2.11 bits per heavy atom. The second kappa shape index (κ2) is 8.63. The molecule has 0 spiro atoms. The van der Waals surface area contributed by atoms with Crippen LogP contribution in [-0.2, 0) is 16.1 Å². The van der Waals surface area contributed by atoms with Gasteiger partial charge >= 0.3 is 0 Å². The molecule has 0 amide bonds. The zero-order valence-electron chi connectivity index (χ0n) is 11.8. The van der Waals surface area contributed by atoms with Gasteiger partial charge in [0.05, 0.1) is 13.2 Å². The van der Waals surface area contributed by atoms with Crippen molar-refractivity contribution in [2.24, 2.45) is 0 Å². The first-order valence-corrected chi connectivity index (χ1v) is 6.20. The number of nitrogen functional groups attached to an aromatic ring is 1. The number of aromatic nitrogens is 2. The first kappa shape index (κ1) is 15.6. The number of likely N-dealkylation sites (N-methyl/N-ethyl adjacent to an activating group) is 1. The van der Waals surface area contributed by atoms with Crippen LogP contribution in [0.2, 0.25) is 0 Å². The fraction of sp³-hybridized carbons (Fsp3) is 0.667. The zero-order valence-corrected chi connectivity index (χ0v) is 11.8. The quantitative estimate of drug-likeness (QED) is 0.619. The van der Waals surface area contributed by atoms with Crippen molar-refractivity contribution < 1.29 is 9.47 Å². The smallest absolute Gasteiger partial charge is 0.158 e. The monoisotopic (exact) mass is 269 g/mol. The fourth-order valence-electron chi connectivity index (χ4n) is 1.40. The van der Waals surface area contributed by atoms with E-state index < -0.39 is 0 Å². The second-order valence-electron chi connectivity index (χ2n) is 4.37. The molecule has 0 unspecified atom stereocenters. The molecule has 0 aliphatic rings. The Kier molecular flexibility index (Phi) is 7.09. The van der Waals surface area contributed by atoms with Crippen LogP contribution in [-0.4, -0.2) is 62.4 Å². The van der Waals surface area contributed by atoms with Crippen molar-refractivity contribution in [3.8, 4) is 0 Å². The molecule has 0 bridgehead atoms. The third kappa shape index (κ3) is 6.90. The fourth-order valence-corrected chi connectivity index (χ4v) is 1.40. The summed E-state index contributed by atoms with van der Waals surface area (Å²) in [6.07, 6.45) is 0. The Bertz CT molecular complexity index is 373. The minimum atomic E-state index is 0.346. The summed E-state index contributed by atoms with van der Waals surface area (Å²) in [4.78, 5) is 10.4. The number of nitrogens with zero attached hydrogens (tertiary/aromatic N) is 3. The molecule has 7 nitrogen and oxygen atoms in total. The second-order valence-corrected chi connectivity index (χ2v) is 4.37. The molecule has 19 heavy (non-hydrogen) atoms. The van der Waals surface area contributed by atoms with E-state index in [1.807, 2.05) is 14.1 Å². The Labute approximate surface area is 114 Å². The lowest BCUT2D eigenvalue weighted by atomic mass is 10.5. The minimum Gasteiger partial charge on any atom is -0.384 e. The van der Waals surface area contributed by atoms with E-state index in [-0.39, 0.29) is 0 Å². The van der Waals surface area contributed by atoms with Gasteiger partial charge in [0.15, 0.2) is 5.82 Å². The van der Waals surface area contributed by atoms with Crippen molar-refractivity contribution in [3.05, 3.63) is 11.9 Å². The molecule has 1 aromatic rings. The van der Waals surface area contributed by atoms with Crippen molar-refractivity contribution in [1.82, 2.24) is 14.9 Å². The number of ether oxygens (including phenoxy) is 2. The van der Waals surface area contributed by atoms with Gasteiger partial charge in [-0.3, -0.25) is 0 Å². The van der Waals surface area contributed by atoms with Gasteiger partial charge in [0.25, 0.3) is 0 Å². The number of rotatable bonds is 9. The molecule has 0 aromatic carbocycles. The van der Waals surface area contributed by atoms with Crippen LogP contribution in [0.4, 0.5) is 11.6 Å². The van der Waals surface area contributed by atoms with Crippen LogP contribution in [0.15, 0.2) is 6.07 Å². The highest BCUT2D eigenvalue weighted by molar-refractivity contribution is 5.44. The van der Waals surface area contributed by atoms with Crippen molar-refractivity contribution >= 4 is 11.6 Å². The van der Waals surface area contributed by atoms with Gasteiger partial charge in [-0.2, -0.15) is 0 Å². The van der Waals surface area contributed by atoms with Crippen molar-refractivity contribution in [2.75, 3.05) is 58.6 Å². The predicted octanol–water partition coefficient (Wildman–Crippen LogP) is 0.195. The molecule has 0 aliphatic heterocycles. The van der Waals surface area contributed by atoms with E-state index in [2.05, 4.69) is 20.2 Å². The number of hydrogen-bond donors (Lipinski definition) is 2. The maximum absolute atomic E-state index is 5.69. The molecule has 1 rings (SSSR count). The SMILES string of the molecule is COCc1nc(N)cc(NCCOCCN(C)C)n1. The topological polar surface area (TPSA) is 85.5 Å². The highest BCUT2D eigenvalue weighted by atomic mass is 16.5. The van der Waals surface area contributed by atoms with E-state index in [1.165, 1.54) is 0 Å². The zero-order chi connectivity index (χ0) is 14.1. The molecule has 1 aromatic heterocycles. The number of nitrogens with two attached hydrogens (primary N) is 1. The summed E-state index contributed by atoms with van der Waals surface area (Å²) in [7, 11) is 5.63. The van der Waals surface area contributed by atoms with Crippen molar-refractivity contribution in [2.45, 2.75) is 6.61 Å². The van der Waals surface area contributed by atoms with Crippen molar-refractivity contribution in [1.29, 1.82) is 0 Å². The lowest BCUT2D eigenvalue weighted by molar-refractivity contribution is 0.126. The van der Waals surface area contributed by atoms with E-state index >= 15 is 0 Å². The standard InChI is InChI=1S/C12H23N5O2/c1-17(2)5-7-19-6-4-14-11-8-10(13)15-12(16-11)9-18-3/h8H,4-7,9H2,1-3H3,(H3,13,14,15,16). The van der Waals surface area contributed by atoms with Gasteiger partial charge in [0, 0.05) is 26.3 Å². The Balaban J connectivity index is 2.28. The molecular formula is C12H23N5O2. The molecule has 0 atom stereocenters. The van der Waals surface area contributed by atoms with Crippen LogP contribution in [0.1, 0.15) is 5.82 Å². The summed E-state index contributed by atoms with van der Waals surface area (Å²) in [6, 6.07) is 1.69. The van der Waals surface area contributed by atoms with E-state index in [9.17, 15) is 0 Å². The molecule has 0 aliphatic carbocycles. The van der Waals surface area contributed by atoms with Gasteiger partial charge in [-0.15, -0.1) is 0 Å². The average Bonchev–Trinajstić information content (AvgIpc) is 2.33. The highest BCUT2D eigenvalue weighted by Crippen LogP contribution is 2.08. The van der Waals surface area contributed by atoms with Gasteiger partial charge in [-0.05, 0) is 14.1 Å². The molecule has 0 saturated carbocycles. The van der Waals surface area contributed by atoms with E-state index in [0.717, 1.165) is 13.2 Å². The number of methoxy groups -OCH3 is 1. The van der Waals surface area contributed by atoms with Gasteiger partial charge in [-0.25, -0.2) is 9.97 Å². The molecule has 0 saturated heterocycles. The molecule has 3 N–H and O–H groups in total. The average molecular weight is 269 g/mol. The Morgan fingerprint density at radius 1 is 1.32 bits per heavy atom. The summed E-state index contributed by atoms with van der Waals surface area (Å²) >= 11 is 0. The molecule has 0 fully saturated rings. The summed E-state index contributed by atoms with van der Waals surface area (Å²) in [5.41, 5.74) is 5.69. The maximum Gasteiger partial charge on any atom is 0.158 e. The van der Waals surface area contributed by atoms with Crippen LogP contribution in [0.3, 0.4) is 0 Å². The molecule has 108 valence electrons. The van der Waals surface area contributed by atoms with Gasteiger partial charge < -0.3 is 25.4 Å². The lowest BCUT2D eigenvalue weighted by Crippen LogP contribution is -2.20. The summed E-state index contributed by atoms with van der Waals surface area (Å²) in [6.45, 7) is 3.28. The van der Waals surface area contributed by atoms with Crippen LogP contribution >= 0.6 is 0 Å². The summed E-state index contributed by atoms with van der Waals surface area (Å²) in [5.74, 6) is 1.69. The van der Waals surface area contributed by atoms with Gasteiger partial charge in [-0.1, -0.05) is 0 Å². The van der Waals surface area contributed by atoms with Crippen molar-refractivity contribution in [3.63, 3.8) is 0 Å². The Hall–Kier alpha value is -1.44. The maximum atomic E-state index is 5.69. The first-order chi connectivity index (χ1) is 9.11. The normalized spacial score (nSPS) is 10.9. The van der Waals surface area contributed by atoms with E-state index in [1.54, 1.807) is 13.2 Å². The molecular weight excluding hydrogens is 246 g/mol. The molecule has 7 heteroatoms. The van der Waals surface area contributed by atoms with Crippen LogP contribution < -0.4 is 11.1 Å². The Morgan fingerprint density at radius 3 is 2.79 bits per heavy atom. The highest BCUT2D eigenvalue weighted by Gasteiger charge is 2.02. The summed E-state index contributed by atoms with van der Waals surface area (Å²) < 4.78 is 10.5. The first-order valence-electron chi connectivity index (χ1n) is 6.20.